The van der Waals surface area contributed by atoms with E-state index in [4.69, 9.17) is 21.7 Å². The van der Waals surface area contributed by atoms with Crippen LogP contribution in [0.25, 0.3) is 0 Å². The first-order valence-electron chi connectivity index (χ1n) is 8.59. The molecule has 0 spiro atoms. The predicted octanol–water partition coefficient (Wildman–Crippen LogP) is 3.67. The third kappa shape index (κ3) is 2.82. The quantitative estimate of drug-likeness (QED) is 0.848. The number of rotatable bonds is 4. The number of nitrogens with zero attached hydrogens (tertiary/aromatic N) is 1. The van der Waals surface area contributed by atoms with Crippen molar-refractivity contribution in [1.82, 2.24) is 10.2 Å². The second kappa shape index (κ2) is 6.23. The molecule has 1 fully saturated rings. The average Bonchev–Trinajstić information content (AvgIpc) is 2.61. The van der Waals surface area contributed by atoms with Gasteiger partial charge in [0.25, 0.3) is 0 Å². The van der Waals surface area contributed by atoms with Crippen LogP contribution in [0.4, 0.5) is 0 Å². The van der Waals surface area contributed by atoms with E-state index in [2.05, 4.69) is 47.5 Å². The smallest absolute Gasteiger partial charge is 0.184 e. The molecule has 2 aromatic rings. The zero-order valence-electron chi connectivity index (χ0n) is 14.5. The molecule has 1 N–H and O–H groups in total. The minimum Gasteiger partial charge on any atom is -0.493 e. The summed E-state index contributed by atoms with van der Waals surface area (Å²) in [6.07, 6.45) is 1.77. The Bertz CT molecular complexity index is 796. The number of nitrogens with one attached hydrogen (secondary N) is 1. The second-order valence-electron chi connectivity index (χ2n) is 6.75. The molecule has 2 bridgehead atoms. The van der Waals surface area contributed by atoms with Gasteiger partial charge in [0.05, 0.1) is 13.2 Å². The number of thiocarbonyl (C=S) groups is 1. The van der Waals surface area contributed by atoms with Crippen LogP contribution in [0.5, 0.6) is 11.5 Å². The largest absolute Gasteiger partial charge is 0.493 e. The molecule has 0 aliphatic carbocycles. The highest BCUT2D eigenvalue weighted by Crippen LogP contribution is 2.47. The Morgan fingerprint density at radius 1 is 1.24 bits per heavy atom. The maximum absolute atomic E-state index is 6.46. The van der Waals surface area contributed by atoms with Gasteiger partial charge in [0.2, 0.25) is 0 Å². The molecule has 0 unspecified atom stereocenters. The first kappa shape index (κ1) is 16.2. The van der Waals surface area contributed by atoms with Crippen LogP contribution in [-0.2, 0) is 6.42 Å². The van der Waals surface area contributed by atoms with Crippen LogP contribution in [0.2, 0.25) is 0 Å². The minimum atomic E-state index is -0.469. The van der Waals surface area contributed by atoms with E-state index in [0.29, 0.717) is 0 Å². The van der Waals surface area contributed by atoms with Crippen molar-refractivity contribution in [3.63, 3.8) is 0 Å². The summed E-state index contributed by atoms with van der Waals surface area (Å²) >= 11 is 5.66. The highest BCUT2D eigenvalue weighted by Gasteiger charge is 2.48. The van der Waals surface area contributed by atoms with Crippen LogP contribution < -0.4 is 14.8 Å². The molecule has 5 heteroatoms. The number of hydrogen-bond acceptors (Lipinski definition) is 3. The number of fused-ring (bicyclic) bond motifs is 4. The van der Waals surface area contributed by atoms with Gasteiger partial charge >= 0.3 is 0 Å². The zero-order valence-corrected chi connectivity index (χ0v) is 15.3. The molecule has 2 aromatic carbocycles. The van der Waals surface area contributed by atoms with Gasteiger partial charge in [-0.2, -0.15) is 0 Å². The van der Waals surface area contributed by atoms with Crippen molar-refractivity contribution in [2.45, 2.75) is 31.5 Å². The molecule has 0 aromatic heterocycles. The van der Waals surface area contributed by atoms with Crippen LogP contribution in [0, 0.1) is 0 Å². The summed E-state index contributed by atoms with van der Waals surface area (Å²) in [5.74, 6) is 1.59. The molecule has 4 rings (SSSR count). The Morgan fingerprint density at radius 2 is 2.04 bits per heavy atom. The lowest BCUT2D eigenvalue weighted by Gasteiger charge is -2.52. The number of para-hydroxylation sites is 1. The Hall–Kier alpha value is -2.27. The third-order valence-electron chi connectivity index (χ3n) is 5.09. The summed E-state index contributed by atoms with van der Waals surface area (Å²) < 4.78 is 12.0. The van der Waals surface area contributed by atoms with E-state index in [-0.39, 0.29) is 6.04 Å². The van der Waals surface area contributed by atoms with Gasteiger partial charge in [0.15, 0.2) is 22.3 Å². The van der Waals surface area contributed by atoms with Crippen LogP contribution in [-0.4, -0.2) is 29.4 Å². The summed E-state index contributed by atoms with van der Waals surface area (Å²) in [7, 11) is 1.68. The fourth-order valence-corrected chi connectivity index (χ4v) is 4.21. The number of hydrogen-bond donors (Lipinski definition) is 1. The Kier molecular flexibility index (Phi) is 4.04. The first-order chi connectivity index (χ1) is 12.1. The van der Waals surface area contributed by atoms with Gasteiger partial charge in [-0.05, 0) is 37.2 Å². The molecule has 4 nitrogen and oxygen atoms in total. The summed E-state index contributed by atoms with van der Waals surface area (Å²) in [5.41, 5.74) is 1.94. The van der Waals surface area contributed by atoms with Crippen molar-refractivity contribution in [1.29, 1.82) is 0 Å². The van der Waals surface area contributed by atoms with E-state index < -0.39 is 5.72 Å². The fraction of sp³-hybridized carbons (Fsp3) is 0.350. The maximum Gasteiger partial charge on any atom is 0.184 e. The van der Waals surface area contributed by atoms with Gasteiger partial charge in [-0.3, -0.25) is 0 Å². The van der Waals surface area contributed by atoms with Crippen molar-refractivity contribution < 1.29 is 9.47 Å². The lowest BCUT2D eigenvalue weighted by atomic mass is 9.90. The zero-order chi connectivity index (χ0) is 17.4. The van der Waals surface area contributed by atoms with Crippen LogP contribution >= 0.6 is 12.2 Å². The molecule has 2 aliphatic rings. The molecule has 0 amide bonds. The number of ether oxygens (including phenoxy) is 2. The van der Waals surface area contributed by atoms with Gasteiger partial charge in [0.1, 0.15) is 0 Å². The predicted molar refractivity (Wildman–Crippen MR) is 102 cm³/mol. The topological polar surface area (TPSA) is 33.7 Å². The molecular weight excluding hydrogens is 332 g/mol. The summed E-state index contributed by atoms with van der Waals surface area (Å²) in [5, 5.41) is 4.24. The molecule has 0 saturated carbocycles. The molecule has 1 saturated heterocycles. The van der Waals surface area contributed by atoms with Crippen LogP contribution in [0.1, 0.15) is 30.5 Å². The van der Waals surface area contributed by atoms with E-state index in [1.807, 2.05) is 18.2 Å². The summed E-state index contributed by atoms with van der Waals surface area (Å²) in [6.45, 7) is 2.93. The van der Waals surface area contributed by atoms with Gasteiger partial charge in [-0.1, -0.05) is 42.5 Å². The SMILES string of the molecule is COc1cccc2c1O[C@]1(C)C[C@H]2NC(=S)N1CCc1ccccc1. The van der Waals surface area contributed by atoms with E-state index in [1.54, 1.807) is 7.11 Å². The number of methoxy groups -OCH3 is 1. The molecule has 2 atom stereocenters. The van der Waals surface area contributed by atoms with Gasteiger partial charge < -0.3 is 19.7 Å². The van der Waals surface area contributed by atoms with Crippen LogP contribution in [0.15, 0.2) is 48.5 Å². The standard InChI is InChI=1S/C20H22N2O2S/c1-20-13-16(15-9-6-10-17(23-2)18(15)24-20)21-19(25)22(20)12-11-14-7-4-3-5-8-14/h3-10,16H,11-13H2,1-2H3,(H,21,25)/t16-,20-/m1/s1. The maximum atomic E-state index is 6.46. The number of benzene rings is 2. The Balaban J connectivity index is 1.62. The summed E-state index contributed by atoms with van der Waals surface area (Å²) in [4.78, 5) is 2.17. The van der Waals surface area contributed by atoms with Crippen molar-refractivity contribution in [2.75, 3.05) is 13.7 Å². The highest BCUT2D eigenvalue weighted by atomic mass is 32.1. The van der Waals surface area contributed by atoms with Gasteiger partial charge in [-0.25, -0.2) is 0 Å². The molecule has 130 valence electrons. The normalized spacial score (nSPS) is 24.2. The lowest BCUT2D eigenvalue weighted by Crippen LogP contribution is -2.64. The van der Waals surface area contributed by atoms with E-state index >= 15 is 0 Å². The molecule has 25 heavy (non-hydrogen) atoms. The van der Waals surface area contributed by atoms with Crippen molar-refractivity contribution in [3.05, 3.63) is 59.7 Å². The van der Waals surface area contributed by atoms with Gasteiger partial charge in [0, 0.05) is 18.5 Å². The monoisotopic (exact) mass is 354 g/mol. The average molecular weight is 354 g/mol. The van der Waals surface area contributed by atoms with Crippen molar-refractivity contribution in [2.24, 2.45) is 0 Å². The summed E-state index contributed by atoms with van der Waals surface area (Å²) in [6, 6.07) is 16.6. The highest BCUT2D eigenvalue weighted by molar-refractivity contribution is 7.80. The van der Waals surface area contributed by atoms with Crippen molar-refractivity contribution >= 4 is 17.3 Å². The van der Waals surface area contributed by atoms with Crippen molar-refractivity contribution in [3.8, 4) is 11.5 Å². The third-order valence-corrected chi connectivity index (χ3v) is 5.43. The van der Waals surface area contributed by atoms with Gasteiger partial charge in [-0.15, -0.1) is 0 Å². The second-order valence-corrected chi connectivity index (χ2v) is 7.14. The molecule has 0 radical (unpaired) electrons. The lowest BCUT2D eigenvalue weighted by molar-refractivity contribution is -0.0690. The first-order valence-corrected chi connectivity index (χ1v) is 8.99. The minimum absolute atomic E-state index is 0.157. The Labute approximate surface area is 153 Å². The van der Waals surface area contributed by atoms with Crippen LogP contribution in [0.3, 0.4) is 0 Å². The van der Waals surface area contributed by atoms with E-state index in [0.717, 1.165) is 41.6 Å². The van der Waals surface area contributed by atoms with E-state index in [9.17, 15) is 0 Å². The molecular formula is C20H22N2O2S. The Morgan fingerprint density at radius 3 is 2.80 bits per heavy atom. The molecule has 2 aliphatic heterocycles. The fourth-order valence-electron chi connectivity index (χ4n) is 3.79. The van der Waals surface area contributed by atoms with E-state index in [1.165, 1.54) is 5.56 Å². The molecule has 2 heterocycles.